The van der Waals surface area contributed by atoms with Gasteiger partial charge < -0.3 is 30.6 Å². The molecule has 218 valence electrons. The van der Waals surface area contributed by atoms with Crippen molar-refractivity contribution in [1.29, 1.82) is 0 Å². The SMILES string of the molecule is CN1CCc2cc(NC(=O)c3ccc(S(=O)(=O)NCCO)cc3N3CCC4(CC3)CC4)cc(NC(C)(C)CO)c21. The normalized spacial score (nSPS) is 18.1. The molecule has 2 heterocycles. The number of sulfonamides is 1. The number of nitrogens with zero attached hydrogens (tertiary/aromatic N) is 2. The predicted molar refractivity (Wildman–Crippen MR) is 158 cm³/mol. The summed E-state index contributed by atoms with van der Waals surface area (Å²) in [6.45, 7) is 5.80. The number of hydrogen-bond donors (Lipinski definition) is 5. The molecular weight excluding hydrogens is 530 g/mol. The third kappa shape index (κ3) is 5.93. The first-order chi connectivity index (χ1) is 19.0. The molecule has 0 unspecified atom stereocenters. The van der Waals surface area contributed by atoms with Crippen molar-refractivity contribution in [3.63, 3.8) is 0 Å². The molecule has 2 aromatic rings. The minimum absolute atomic E-state index is 0.0506. The number of benzene rings is 2. The lowest BCUT2D eigenvalue weighted by molar-refractivity contribution is 0.102. The zero-order chi connectivity index (χ0) is 28.7. The molecule has 0 aromatic heterocycles. The Balaban J connectivity index is 1.47. The minimum atomic E-state index is -3.83. The fraction of sp³-hybridized carbons (Fsp3) is 0.552. The number of aliphatic hydroxyl groups is 2. The maximum Gasteiger partial charge on any atom is 0.257 e. The highest BCUT2D eigenvalue weighted by molar-refractivity contribution is 7.89. The van der Waals surface area contributed by atoms with Crippen LogP contribution in [0.4, 0.5) is 22.7 Å². The van der Waals surface area contributed by atoms with Gasteiger partial charge in [-0.15, -0.1) is 0 Å². The Morgan fingerprint density at radius 2 is 1.77 bits per heavy atom. The van der Waals surface area contributed by atoms with Gasteiger partial charge in [0.25, 0.3) is 5.91 Å². The van der Waals surface area contributed by atoms with Gasteiger partial charge in [0.1, 0.15) is 0 Å². The second kappa shape index (κ2) is 10.8. The molecule has 1 spiro atoms. The Hall–Kier alpha value is -2.86. The summed E-state index contributed by atoms with van der Waals surface area (Å²) in [7, 11) is -1.80. The van der Waals surface area contributed by atoms with E-state index in [-0.39, 0.29) is 30.6 Å². The van der Waals surface area contributed by atoms with Gasteiger partial charge in [-0.05, 0) is 87.3 Å². The Morgan fingerprint density at radius 3 is 2.42 bits per heavy atom. The number of amides is 1. The summed E-state index contributed by atoms with van der Waals surface area (Å²) in [5.74, 6) is -0.312. The molecule has 3 aliphatic rings. The molecule has 40 heavy (non-hydrogen) atoms. The zero-order valence-corrected chi connectivity index (χ0v) is 24.4. The number of aliphatic hydroxyl groups excluding tert-OH is 2. The van der Waals surface area contributed by atoms with Crippen LogP contribution in [-0.4, -0.2) is 76.5 Å². The summed E-state index contributed by atoms with van der Waals surface area (Å²) in [6.07, 6.45) is 5.39. The van der Waals surface area contributed by atoms with Crippen molar-refractivity contribution in [3.05, 3.63) is 41.5 Å². The van der Waals surface area contributed by atoms with Crippen molar-refractivity contribution in [3.8, 4) is 0 Å². The number of rotatable bonds is 10. The van der Waals surface area contributed by atoms with E-state index in [2.05, 4.69) is 25.2 Å². The van der Waals surface area contributed by atoms with Crippen LogP contribution in [0.1, 0.15) is 55.5 Å². The van der Waals surface area contributed by atoms with Crippen molar-refractivity contribution in [2.75, 3.05) is 66.9 Å². The largest absolute Gasteiger partial charge is 0.395 e. The van der Waals surface area contributed by atoms with Gasteiger partial charge in [0.05, 0.1) is 46.3 Å². The molecular formula is C29H41N5O5S. The number of nitrogens with one attached hydrogen (secondary N) is 3. The molecule has 5 N–H and O–H groups in total. The summed E-state index contributed by atoms with van der Waals surface area (Å²) in [5, 5.41) is 25.4. The number of likely N-dealkylation sites (N-methyl/N-ethyl adjacent to an activating group) is 1. The molecule has 1 aliphatic carbocycles. The molecule has 2 fully saturated rings. The predicted octanol–water partition coefficient (Wildman–Crippen LogP) is 2.77. The Bertz CT molecular complexity index is 1380. The molecule has 10 nitrogen and oxygen atoms in total. The fourth-order valence-corrected chi connectivity index (χ4v) is 6.84. The first kappa shape index (κ1) is 28.7. The number of carbonyl (C=O) groups excluding carboxylic acids is 1. The lowest BCUT2D eigenvalue weighted by Gasteiger charge is -2.35. The van der Waals surface area contributed by atoms with Gasteiger partial charge in [0.2, 0.25) is 10.0 Å². The highest BCUT2D eigenvalue weighted by Gasteiger charge is 2.44. The number of piperidine rings is 1. The molecule has 0 atom stereocenters. The number of hydrogen-bond acceptors (Lipinski definition) is 8. The van der Waals surface area contributed by atoms with E-state index < -0.39 is 15.6 Å². The molecule has 1 saturated heterocycles. The topological polar surface area (TPSA) is 134 Å². The fourth-order valence-electron chi connectivity index (χ4n) is 5.80. The minimum Gasteiger partial charge on any atom is -0.395 e. The van der Waals surface area contributed by atoms with Crippen LogP contribution < -0.4 is 25.2 Å². The maximum absolute atomic E-state index is 13.8. The van der Waals surface area contributed by atoms with E-state index in [0.717, 1.165) is 55.8 Å². The van der Waals surface area contributed by atoms with Crippen LogP contribution in [0.3, 0.4) is 0 Å². The first-order valence-electron chi connectivity index (χ1n) is 14.0. The summed E-state index contributed by atoms with van der Waals surface area (Å²) in [6, 6.07) is 8.48. The molecule has 2 aromatic carbocycles. The number of fused-ring (bicyclic) bond motifs is 1. The van der Waals surface area contributed by atoms with Gasteiger partial charge in [-0.25, -0.2) is 13.1 Å². The molecule has 11 heteroatoms. The van der Waals surface area contributed by atoms with Crippen molar-refractivity contribution in [2.24, 2.45) is 5.41 Å². The monoisotopic (exact) mass is 571 g/mol. The average molecular weight is 572 g/mol. The van der Waals surface area contributed by atoms with E-state index in [1.807, 2.05) is 33.0 Å². The van der Waals surface area contributed by atoms with Gasteiger partial charge in [-0.2, -0.15) is 0 Å². The van der Waals surface area contributed by atoms with Crippen molar-refractivity contribution in [2.45, 2.75) is 56.4 Å². The molecule has 2 aliphatic heterocycles. The first-order valence-corrected chi connectivity index (χ1v) is 15.5. The van der Waals surface area contributed by atoms with Crippen molar-refractivity contribution in [1.82, 2.24) is 4.72 Å². The third-order valence-corrected chi connectivity index (χ3v) is 9.92. The molecule has 0 bridgehead atoms. The maximum atomic E-state index is 13.8. The van der Waals surface area contributed by atoms with Gasteiger partial charge in [0.15, 0.2) is 0 Å². The molecule has 1 saturated carbocycles. The highest BCUT2D eigenvalue weighted by atomic mass is 32.2. The summed E-state index contributed by atoms with van der Waals surface area (Å²) in [5.41, 5.74) is 4.54. The highest BCUT2D eigenvalue weighted by Crippen LogP contribution is 2.54. The van der Waals surface area contributed by atoms with Crippen molar-refractivity contribution < 1.29 is 23.4 Å². The van der Waals surface area contributed by atoms with E-state index in [4.69, 9.17) is 5.11 Å². The second-order valence-corrected chi connectivity index (χ2v) is 13.9. The summed E-state index contributed by atoms with van der Waals surface area (Å²) >= 11 is 0. The van der Waals surface area contributed by atoms with Crippen LogP contribution in [0, 0.1) is 5.41 Å². The van der Waals surface area contributed by atoms with Crippen LogP contribution >= 0.6 is 0 Å². The lowest BCUT2D eigenvalue weighted by Crippen LogP contribution is -2.36. The molecule has 0 radical (unpaired) electrons. The van der Waals surface area contributed by atoms with Gasteiger partial charge in [-0.3, -0.25) is 4.79 Å². The van der Waals surface area contributed by atoms with Crippen molar-refractivity contribution >= 4 is 38.7 Å². The average Bonchev–Trinajstić information content (AvgIpc) is 3.57. The Labute approximate surface area is 236 Å². The van der Waals surface area contributed by atoms with Crippen LogP contribution in [0.15, 0.2) is 35.2 Å². The van der Waals surface area contributed by atoms with Crippen LogP contribution in [-0.2, 0) is 16.4 Å². The Kier molecular flexibility index (Phi) is 7.77. The summed E-state index contributed by atoms with van der Waals surface area (Å²) in [4.78, 5) is 18.1. The van der Waals surface area contributed by atoms with Crippen LogP contribution in [0.5, 0.6) is 0 Å². The summed E-state index contributed by atoms with van der Waals surface area (Å²) < 4.78 is 28.1. The molecule has 5 rings (SSSR count). The standard InChI is InChI=1S/C29H41N5O5S/c1-28(2,19-36)32-24-17-21(16-20-6-12-33(3)26(20)24)31-27(37)23-5-4-22(40(38,39)30-11-15-35)18-25(23)34-13-9-29(7-8-29)10-14-34/h4-5,16-18,30,32,35-36H,6-15,19H2,1-3H3,(H,31,37). The zero-order valence-electron chi connectivity index (χ0n) is 23.6. The van der Waals surface area contributed by atoms with Gasteiger partial charge >= 0.3 is 0 Å². The third-order valence-electron chi connectivity index (χ3n) is 8.46. The van der Waals surface area contributed by atoms with E-state index >= 15 is 0 Å². The van der Waals surface area contributed by atoms with Gasteiger partial charge in [-0.1, -0.05) is 0 Å². The molecule has 1 amide bonds. The lowest BCUT2D eigenvalue weighted by atomic mass is 9.93. The van der Waals surface area contributed by atoms with E-state index in [1.54, 1.807) is 12.1 Å². The smallest absolute Gasteiger partial charge is 0.257 e. The second-order valence-electron chi connectivity index (χ2n) is 12.1. The van der Waals surface area contributed by atoms with Crippen LogP contribution in [0.2, 0.25) is 0 Å². The van der Waals surface area contributed by atoms with Crippen LogP contribution in [0.25, 0.3) is 0 Å². The Morgan fingerprint density at radius 1 is 1.05 bits per heavy atom. The number of carbonyl (C=O) groups is 1. The quantitative estimate of drug-likeness (QED) is 0.294. The van der Waals surface area contributed by atoms with E-state index in [9.17, 15) is 18.3 Å². The van der Waals surface area contributed by atoms with E-state index in [1.165, 1.54) is 18.9 Å². The van der Waals surface area contributed by atoms with Gasteiger partial charge in [0, 0.05) is 38.9 Å². The number of anilines is 4. The van der Waals surface area contributed by atoms with E-state index in [0.29, 0.717) is 22.4 Å².